The topological polar surface area (TPSA) is 28.2 Å². The fraction of sp³-hybridized carbons (Fsp3) is 0.688. The van der Waals surface area contributed by atoms with Gasteiger partial charge in [0.2, 0.25) is 0 Å². The molecule has 0 aliphatic heterocycles. The maximum absolute atomic E-state index is 4.45. The largest absolute Gasteiger partial charge is 0.319 e. The van der Waals surface area contributed by atoms with Gasteiger partial charge < -0.3 is 5.32 Å². The zero-order chi connectivity index (χ0) is 13.6. The van der Waals surface area contributed by atoms with Crippen molar-refractivity contribution >= 4 is 0 Å². The Morgan fingerprint density at radius 2 is 2.11 bits per heavy atom. The number of aromatic nitrogens is 1. The third-order valence-corrected chi connectivity index (χ3v) is 4.33. The molecule has 1 aromatic heterocycles. The smallest absolute Gasteiger partial charge is 0.0543 e. The Kier molecular flexibility index (Phi) is 5.34. The van der Waals surface area contributed by atoms with Crippen molar-refractivity contribution < 1.29 is 0 Å². The molecule has 1 aliphatic carbocycles. The van der Waals surface area contributed by atoms with Crippen LogP contribution < -0.4 is 5.32 Å². The standard InChI is InChI=1S/C16H27N3/c1-3-19(12-15-8-4-7-11-18-15)14-16(13-17-2)9-5-6-10-16/h4,7-8,11,17H,3,5-6,9-10,12-14H2,1-2H3. The van der Waals surface area contributed by atoms with Crippen LogP contribution in [-0.2, 0) is 6.54 Å². The second kappa shape index (κ2) is 7.01. The molecule has 1 aromatic rings. The van der Waals surface area contributed by atoms with E-state index in [1.165, 1.54) is 37.9 Å². The van der Waals surface area contributed by atoms with Gasteiger partial charge in [0, 0.05) is 25.8 Å². The predicted octanol–water partition coefficient (Wildman–Crippen LogP) is 2.68. The SMILES string of the molecule is CCN(Cc1ccccn1)CC1(CNC)CCCC1. The molecule has 0 bridgehead atoms. The van der Waals surface area contributed by atoms with Crippen molar-refractivity contribution in [3.05, 3.63) is 30.1 Å². The van der Waals surface area contributed by atoms with Crippen molar-refractivity contribution in [1.82, 2.24) is 15.2 Å². The number of nitrogens with zero attached hydrogens (tertiary/aromatic N) is 2. The van der Waals surface area contributed by atoms with Gasteiger partial charge in [-0.25, -0.2) is 0 Å². The molecule has 0 saturated heterocycles. The summed E-state index contributed by atoms with van der Waals surface area (Å²) >= 11 is 0. The molecule has 0 atom stereocenters. The molecular weight excluding hydrogens is 234 g/mol. The third kappa shape index (κ3) is 4.02. The average molecular weight is 261 g/mol. The van der Waals surface area contributed by atoms with E-state index in [0.29, 0.717) is 5.41 Å². The zero-order valence-corrected chi connectivity index (χ0v) is 12.4. The van der Waals surface area contributed by atoms with E-state index >= 15 is 0 Å². The molecule has 2 rings (SSSR count). The van der Waals surface area contributed by atoms with Gasteiger partial charge in [0.1, 0.15) is 0 Å². The molecule has 0 amide bonds. The molecule has 1 N–H and O–H groups in total. The van der Waals surface area contributed by atoms with Crippen molar-refractivity contribution in [3.8, 4) is 0 Å². The fourth-order valence-electron chi connectivity index (χ4n) is 3.37. The minimum atomic E-state index is 0.486. The molecule has 1 aliphatic rings. The molecule has 1 heterocycles. The molecule has 0 unspecified atom stereocenters. The first-order valence-electron chi connectivity index (χ1n) is 7.55. The van der Waals surface area contributed by atoms with Crippen LogP contribution in [0, 0.1) is 5.41 Å². The maximum Gasteiger partial charge on any atom is 0.0543 e. The van der Waals surface area contributed by atoms with E-state index in [-0.39, 0.29) is 0 Å². The molecule has 0 spiro atoms. The lowest BCUT2D eigenvalue weighted by molar-refractivity contribution is 0.149. The molecule has 0 radical (unpaired) electrons. The first-order valence-corrected chi connectivity index (χ1v) is 7.55. The van der Waals surface area contributed by atoms with Crippen molar-refractivity contribution in [2.24, 2.45) is 5.41 Å². The highest BCUT2D eigenvalue weighted by Crippen LogP contribution is 2.38. The Balaban J connectivity index is 1.97. The van der Waals surface area contributed by atoms with Gasteiger partial charge in [-0.1, -0.05) is 25.8 Å². The normalized spacial score (nSPS) is 18.1. The molecule has 3 nitrogen and oxygen atoms in total. The van der Waals surface area contributed by atoms with Crippen LogP contribution in [0.5, 0.6) is 0 Å². The maximum atomic E-state index is 4.45. The van der Waals surface area contributed by atoms with Crippen LogP contribution in [-0.4, -0.2) is 36.6 Å². The second-order valence-electron chi connectivity index (χ2n) is 5.86. The summed E-state index contributed by atoms with van der Waals surface area (Å²) in [7, 11) is 2.08. The van der Waals surface area contributed by atoms with Crippen molar-refractivity contribution in [1.29, 1.82) is 0 Å². The predicted molar refractivity (Wildman–Crippen MR) is 80.0 cm³/mol. The van der Waals surface area contributed by atoms with E-state index in [4.69, 9.17) is 0 Å². The lowest BCUT2D eigenvalue weighted by atomic mass is 9.85. The van der Waals surface area contributed by atoms with Gasteiger partial charge in [0.15, 0.2) is 0 Å². The monoisotopic (exact) mass is 261 g/mol. The van der Waals surface area contributed by atoms with E-state index < -0.39 is 0 Å². The minimum Gasteiger partial charge on any atom is -0.319 e. The zero-order valence-electron chi connectivity index (χ0n) is 12.4. The number of hydrogen-bond acceptors (Lipinski definition) is 3. The first-order chi connectivity index (χ1) is 9.28. The first kappa shape index (κ1) is 14.5. The molecule has 3 heteroatoms. The lowest BCUT2D eigenvalue weighted by Gasteiger charge is -2.35. The Bertz CT molecular complexity index is 358. The lowest BCUT2D eigenvalue weighted by Crippen LogP contribution is -2.41. The van der Waals surface area contributed by atoms with Crippen LogP contribution in [0.15, 0.2) is 24.4 Å². The molecule has 1 saturated carbocycles. The summed E-state index contributed by atoms with van der Waals surface area (Å²) in [6.07, 6.45) is 7.41. The van der Waals surface area contributed by atoms with Crippen LogP contribution >= 0.6 is 0 Å². The summed E-state index contributed by atoms with van der Waals surface area (Å²) in [4.78, 5) is 7.00. The molecule has 0 aromatic carbocycles. The van der Waals surface area contributed by atoms with E-state index in [0.717, 1.165) is 19.6 Å². The summed E-state index contributed by atoms with van der Waals surface area (Å²) in [6, 6.07) is 6.19. The van der Waals surface area contributed by atoms with Gasteiger partial charge in [0.25, 0.3) is 0 Å². The van der Waals surface area contributed by atoms with Crippen LogP contribution in [0.25, 0.3) is 0 Å². The summed E-state index contributed by atoms with van der Waals surface area (Å²) in [5, 5.41) is 3.40. The van der Waals surface area contributed by atoms with Crippen molar-refractivity contribution in [2.45, 2.75) is 39.2 Å². The summed E-state index contributed by atoms with van der Waals surface area (Å²) in [5.41, 5.74) is 1.67. The van der Waals surface area contributed by atoms with Crippen LogP contribution in [0.3, 0.4) is 0 Å². The highest BCUT2D eigenvalue weighted by atomic mass is 15.1. The molecule has 19 heavy (non-hydrogen) atoms. The fourth-order valence-corrected chi connectivity index (χ4v) is 3.37. The Labute approximate surface area is 117 Å². The van der Waals surface area contributed by atoms with Crippen LogP contribution in [0.2, 0.25) is 0 Å². The third-order valence-electron chi connectivity index (χ3n) is 4.33. The number of pyridine rings is 1. The quantitative estimate of drug-likeness (QED) is 0.818. The highest BCUT2D eigenvalue weighted by Gasteiger charge is 2.34. The van der Waals surface area contributed by atoms with Crippen molar-refractivity contribution in [2.75, 3.05) is 26.7 Å². The van der Waals surface area contributed by atoms with Gasteiger partial charge in [-0.15, -0.1) is 0 Å². The molecule has 106 valence electrons. The van der Waals surface area contributed by atoms with Gasteiger partial charge >= 0.3 is 0 Å². The summed E-state index contributed by atoms with van der Waals surface area (Å²) in [6.45, 7) is 6.67. The minimum absolute atomic E-state index is 0.486. The van der Waals surface area contributed by atoms with E-state index in [1.54, 1.807) is 0 Å². The van der Waals surface area contributed by atoms with Gasteiger partial charge in [-0.05, 0) is 44.0 Å². The molecule has 1 fully saturated rings. The number of hydrogen-bond donors (Lipinski definition) is 1. The van der Waals surface area contributed by atoms with Crippen LogP contribution in [0.4, 0.5) is 0 Å². The average Bonchev–Trinajstić information content (AvgIpc) is 2.88. The second-order valence-corrected chi connectivity index (χ2v) is 5.86. The Hall–Kier alpha value is -0.930. The van der Waals surface area contributed by atoms with Gasteiger partial charge in [-0.3, -0.25) is 9.88 Å². The Morgan fingerprint density at radius 1 is 1.32 bits per heavy atom. The van der Waals surface area contributed by atoms with Gasteiger partial charge in [-0.2, -0.15) is 0 Å². The van der Waals surface area contributed by atoms with Crippen LogP contribution in [0.1, 0.15) is 38.3 Å². The summed E-state index contributed by atoms with van der Waals surface area (Å²) < 4.78 is 0. The molecular formula is C16H27N3. The number of rotatable bonds is 7. The van der Waals surface area contributed by atoms with E-state index in [2.05, 4.69) is 41.3 Å². The van der Waals surface area contributed by atoms with Crippen molar-refractivity contribution in [3.63, 3.8) is 0 Å². The van der Waals surface area contributed by atoms with Gasteiger partial charge in [0.05, 0.1) is 5.69 Å². The number of nitrogens with one attached hydrogen (secondary N) is 1. The van der Waals surface area contributed by atoms with E-state index in [1.807, 2.05) is 12.3 Å². The highest BCUT2D eigenvalue weighted by molar-refractivity contribution is 5.03. The Morgan fingerprint density at radius 3 is 2.68 bits per heavy atom. The summed E-state index contributed by atoms with van der Waals surface area (Å²) in [5.74, 6) is 0. The van der Waals surface area contributed by atoms with E-state index in [9.17, 15) is 0 Å².